The molecule has 0 spiro atoms. The number of carbonyl (C=O) groups excluding carboxylic acids is 1. The van der Waals surface area contributed by atoms with Gasteiger partial charge in [0.15, 0.2) is 4.77 Å². The van der Waals surface area contributed by atoms with Gasteiger partial charge in [0.1, 0.15) is 5.82 Å². The summed E-state index contributed by atoms with van der Waals surface area (Å²) in [6, 6.07) is 3.64. The predicted octanol–water partition coefficient (Wildman–Crippen LogP) is 2.51. The number of nitrogens with zero attached hydrogens (tertiary/aromatic N) is 3. The number of rotatable bonds is 5. The SMILES string of the molecule is Cc1ccc(C(=O)NCCn2c(C(C)C)n[nH]c2=S)c(C)n1. The van der Waals surface area contributed by atoms with Gasteiger partial charge in [-0.1, -0.05) is 13.8 Å². The zero-order chi connectivity index (χ0) is 16.3. The van der Waals surface area contributed by atoms with Crippen LogP contribution in [0.1, 0.15) is 47.3 Å². The van der Waals surface area contributed by atoms with E-state index >= 15 is 0 Å². The molecule has 0 aromatic carbocycles. The highest BCUT2D eigenvalue weighted by atomic mass is 32.1. The molecular weight excluding hydrogens is 298 g/mol. The number of amides is 1. The lowest BCUT2D eigenvalue weighted by atomic mass is 10.1. The molecule has 2 aromatic heterocycles. The molecule has 2 aromatic rings. The molecular formula is C15H21N5OS. The first-order valence-electron chi connectivity index (χ1n) is 7.27. The van der Waals surface area contributed by atoms with E-state index in [1.54, 1.807) is 6.07 Å². The summed E-state index contributed by atoms with van der Waals surface area (Å²) < 4.78 is 2.49. The molecule has 0 fully saturated rings. The van der Waals surface area contributed by atoms with Gasteiger partial charge in [-0.05, 0) is 38.2 Å². The van der Waals surface area contributed by atoms with Crippen LogP contribution in [0, 0.1) is 18.6 Å². The number of H-pyrrole nitrogens is 1. The Balaban J connectivity index is 2.01. The Kier molecular flexibility index (Phi) is 5.07. The van der Waals surface area contributed by atoms with E-state index in [-0.39, 0.29) is 11.8 Å². The summed E-state index contributed by atoms with van der Waals surface area (Å²) in [5.74, 6) is 1.05. The third-order valence-corrected chi connectivity index (χ3v) is 3.71. The summed E-state index contributed by atoms with van der Waals surface area (Å²) in [6.07, 6.45) is 0. The van der Waals surface area contributed by atoms with Gasteiger partial charge in [0.2, 0.25) is 0 Å². The van der Waals surface area contributed by atoms with Crippen LogP contribution in [-0.2, 0) is 6.54 Å². The normalized spacial score (nSPS) is 11.0. The number of aromatic nitrogens is 4. The van der Waals surface area contributed by atoms with Gasteiger partial charge in [-0.2, -0.15) is 5.10 Å². The molecule has 6 nitrogen and oxygen atoms in total. The third-order valence-electron chi connectivity index (χ3n) is 3.39. The third kappa shape index (κ3) is 3.59. The maximum absolute atomic E-state index is 12.2. The van der Waals surface area contributed by atoms with E-state index in [1.807, 2.05) is 24.5 Å². The molecule has 118 valence electrons. The van der Waals surface area contributed by atoms with Crippen LogP contribution in [-0.4, -0.2) is 32.2 Å². The number of nitrogens with one attached hydrogen (secondary N) is 2. The van der Waals surface area contributed by atoms with Crippen molar-refractivity contribution in [2.45, 2.75) is 40.2 Å². The van der Waals surface area contributed by atoms with E-state index in [1.165, 1.54) is 0 Å². The molecule has 0 aliphatic carbocycles. The second-order valence-electron chi connectivity index (χ2n) is 5.53. The highest BCUT2D eigenvalue weighted by Gasteiger charge is 2.12. The molecule has 2 heterocycles. The summed E-state index contributed by atoms with van der Waals surface area (Å²) in [5, 5.41) is 9.92. The fourth-order valence-corrected chi connectivity index (χ4v) is 2.52. The summed E-state index contributed by atoms with van der Waals surface area (Å²) in [4.78, 5) is 16.5. The maximum atomic E-state index is 12.2. The van der Waals surface area contributed by atoms with Crippen molar-refractivity contribution in [3.8, 4) is 0 Å². The lowest BCUT2D eigenvalue weighted by Crippen LogP contribution is -2.28. The van der Waals surface area contributed by atoms with E-state index in [0.717, 1.165) is 17.2 Å². The Morgan fingerprint density at radius 3 is 2.77 bits per heavy atom. The van der Waals surface area contributed by atoms with Crippen molar-refractivity contribution in [3.05, 3.63) is 39.7 Å². The average molecular weight is 319 g/mol. The van der Waals surface area contributed by atoms with Crippen molar-refractivity contribution in [2.75, 3.05) is 6.54 Å². The lowest BCUT2D eigenvalue weighted by Gasteiger charge is -2.11. The first kappa shape index (κ1) is 16.4. The molecule has 2 rings (SSSR count). The summed E-state index contributed by atoms with van der Waals surface area (Å²) in [7, 11) is 0. The Morgan fingerprint density at radius 1 is 1.41 bits per heavy atom. The van der Waals surface area contributed by atoms with Crippen LogP contribution < -0.4 is 5.32 Å². The molecule has 0 atom stereocenters. The number of aromatic amines is 1. The highest BCUT2D eigenvalue weighted by molar-refractivity contribution is 7.71. The first-order valence-corrected chi connectivity index (χ1v) is 7.68. The van der Waals surface area contributed by atoms with Crippen LogP contribution in [0.2, 0.25) is 0 Å². The number of pyridine rings is 1. The van der Waals surface area contributed by atoms with Crippen molar-refractivity contribution in [2.24, 2.45) is 0 Å². The van der Waals surface area contributed by atoms with Crippen molar-refractivity contribution < 1.29 is 4.79 Å². The largest absolute Gasteiger partial charge is 0.350 e. The highest BCUT2D eigenvalue weighted by Crippen LogP contribution is 2.11. The van der Waals surface area contributed by atoms with Crippen LogP contribution in [0.5, 0.6) is 0 Å². The van der Waals surface area contributed by atoms with Gasteiger partial charge in [0, 0.05) is 24.7 Å². The van der Waals surface area contributed by atoms with Gasteiger partial charge in [-0.15, -0.1) is 0 Å². The van der Waals surface area contributed by atoms with Gasteiger partial charge >= 0.3 is 0 Å². The molecule has 0 radical (unpaired) electrons. The van der Waals surface area contributed by atoms with Crippen LogP contribution in [0.15, 0.2) is 12.1 Å². The number of carbonyl (C=O) groups is 1. The first-order chi connectivity index (χ1) is 10.4. The van der Waals surface area contributed by atoms with Crippen LogP contribution in [0.3, 0.4) is 0 Å². The van der Waals surface area contributed by atoms with Crippen LogP contribution in [0.4, 0.5) is 0 Å². The Hall–Kier alpha value is -2.02. The minimum atomic E-state index is -0.119. The monoisotopic (exact) mass is 319 g/mol. The van der Waals surface area contributed by atoms with Gasteiger partial charge < -0.3 is 9.88 Å². The van der Waals surface area contributed by atoms with E-state index in [9.17, 15) is 4.79 Å². The van der Waals surface area contributed by atoms with Gasteiger partial charge in [-0.25, -0.2) is 0 Å². The Bertz CT molecular complexity index is 732. The predicted molar refractivity (Wildman–Crippen MR) is 87.5 cm³/mol. The minimum absolute atomic E-state index is 0.119. The van der Waals surface area contributed by atoms with E-state index in [2.05, 4.69) is 34.3 Å². The second kappa shape index (κ2) is 6.83. The molecule has 0 saturated heterocycles. The van der Waals surface area contributed by atoms with Crippen molar-refractivity contribution >= 4 is 18.1 Å². The van der Waals surface area contributed by atoms with Gasteiger partial charge in [0.05, 0.1) is 11.3 Å². The smallest absolute Gasteiger partial charge is 0.253 e. The fourth-order valence-electron chi connectivity index (χ4n) is 2.29. The van der Waals surface area contributed by atoms with E-state index < -0.39 is 0 Å². The van der Waals surface area contributed by atoms with Crippen LogP contribution >= 0.6 is 12.2 Å². The quantitative estimate of drug-likeness (QED) is 0.830. The second-order valence-corrected chi connectivity index (χ2v) is 5.92. The summed E-state index contributed by atoms with van der Waals surface area (Å²) >= 11 is 5.22. The molecule has 22 heavy (non-hydrogen) atoms. The lowest BCUT2D eigenvalue weighted by molar-refractivity contribution is 0.0951. The zero-order valence-electron chi connectivity index (χ0n) is 13.3. The zero-order valence-corrected chi connectivity index (χ0v) is 14.1. The maximum Gasteiger partial charge on any atom is 0.253 e. The number of aryl methyl sites for hydroxylation is 2. The molecule has 1 amide bonds. The van der Waals surface area contributed by atoms with Crippen molar-refractivity contribution in [3.63, 3.8) is 0 Å². The average Bonchev–Trinajstić information content (AvgIpc) is 2.80. The number of hydrogen-bond donors (Lipinski definition) is 2. The summed E-state index contributed by atoms with van der Waals surface area (Å²) in [6.45, 7) is 8.93. The molecule has 0 aliphatic rings. The van der Waals surface area contributed by atoms with Crippen molar-refractivity contribution in [1.29, 1.82) is 0 Å². The van der Waals surface area contributed by atoms with Crippen molar-refractivity contribution in [1.82, 2.24) is 25.1 Å². The van der Waals surface area contributed by atoms with E-state index in [4.69, 9.17) is 12.2 Å². The molecule has 0 bridgehead atoms. The van der Waals surface area contributed by atoms with Gasteiger partial charge in [0.25, 0.3) is 5.91 Å². The fraction of sp³-hybridized carbons (Fsp3) is 0.467. The molecule has 7 heteroatoms. The molecule has 2 N–H and O–H groups in total. The summed E-state index contributed by atoms with van der Waals surface area (Å²) in [5.41, 5.74) is 2.24. The minimum Gasteiger partial charge on any atom is -0.350 e. The van der Waals surface area contributed by atoms with Crippen LogP contribution in [0.25, 0.3) is 0 Å². The topological polar surface area (TPSA) is 75.6 Å². The molecule has 0 unspecified atom stereocenters. The Labute approximate surface area is 135 Å². The standard InChI is InChI=1S/C15H21N5OS/c1-9(2)13-18-19-15(22)20(13)8-7-16-14(21)12-6-5-10(3)17-11(12)4/h5-6,9H,7-8H2,1-4H3,(H,16,21)(H,19,22). The molecule has 0 aliphatic heterocycles. The van der Waals surface area contributed by atoms with E-state index in [0.29, 0.717) is 23.4 Å². The van der Waals surface area contributed by atoms with Gasteiger partial charge in [-0.3, -0.25) is 14.9 Å². The molecule has 0 saturated carbocycles. The Morgan fingerprint density at radius 2 is 2.14 bits per heavy atom. The number of hydrogen-bond acceptors (Lipinski definition) is 4.